The number of allylic oxidation sites excluding steroid dienone is 5. The number of carbonyl (C=O) groups excluding carboxylic acids is 1. The molecule has 1 aromatic carbocycles. The molecule has 0 radical (unpaired) electrons. The lowest BCUT2D eigenvalue weighted by Gasteiger charge is -2.44. The summed E-state index contributed by atoms with van der Waals surface area (Å²) in [5.41, 5.74) is -0.896. The van der Waals surface area contributed by atoms with Gasteiger partial charge in [-0.15, -0.1) is 0 Å². The highest BCUT2D eigenvalue weighted by atomic mass is 35.5. The van der Waals surface area contributed by atoms with Crippen molar-refractivity contribution >= 4 is 35.2 Å². The number of nitriles is 1. The molecular formula is C20H16Cl2N2O. The van der Waals surface area contributed by atoms with Crippen LogP contribution in [0.5, 0.6) is 0 Å². The standard InChI is InChI=1S/C20H16Cl2N2O/c1-2-19(13-24-12-14(19)11-23)20(9-7-15(21)8-10-20)18(25)16-5-3-4-6-17(16)22/h3-9,12-13H,2,10H2,1H3. The summed E-state index contributed by atoms with van der Waals surface area (Å²) in [6, 6.07) is 9.20. The Morgan fingerprint density at radius 1 is 1.36 bits per heavy atom. The van der Waals surface area contributed by atoms with Gasteiger partial charge in [0, 0.05) is 23.0 Å². The third-order valence-electron chi connectivity index (χ3n) is 5.12. The number of nitrogens with zero attached hydrogens (tertiary/aromatic N) is 2. The number of aliphatic imine (C=N–C) groups is 1. The molecule has 1 heterocycles. The van der Waals surface area contributed by atoms with Crippen LogP contribution in [0.25, 0.3) is 0 Å². The van der Waals surface area contributed by atoms with Crippen LogP contribution in [0.15, 0.2) is 64.3 Å². The highest BCUT2D eigenvalue weighted by molar-refractivity contribution is 6.34. The number of hydrogen-bond donors (Lipinski definition) is 0. The molecule has 1 aromatic rings. The summed E-state index contributed by atoms with van der Waals surface area (Å²) < 4.78 is 0. The minimum absolute atomic E-state index is 0.133. The summed E-state index contributed by atoms with van der Waals surface area (Å²) in [4.78, 5) is 17.9. The molecule has 0 amide bonds. The Labute approximate surface area is 157 Å². The van der Waals surface area contributed by atoms with Crippen LogP contribution < -0.4 is 0 Å². The van der Waals surface area contributed by atoms with E-state index in [1.54, 1.807) is 42.8 Å². The maximum atomic E-state index is 13.7. The number of benzene rings is 1. The first-order chi connectivity index (χ1) is 12.0. The molecule has 0 aromatic heterocycles. The predicted octanol–water partition coefficient (Wildman–Crippen LogP) is 5.48. The molecular weight excluding hydrogens is 355 g/mol. The Bertz CT molecular complexity index is 891. The van der Waals surface area contributed by atoms with Crippen LogP contribution in [-0.2, 0) is 0 Å². The van der Waals surface area contributed by atoms with Crippen molar-refractivity contribution in [3.8, 4) is 6.07 Å². The number of rotatable bonds is 4. The van der Waals surface area contributed by atoms with Gasteiger partial charge >= 0.3 is 0 Å². The Morgan fingerprint density at radius 3 is 2.72 bits per heavy atom. The van der Waals surface area contributed by atoms with Gasteiger partial charge in [0.25, 0.3) is 0 Å². The van der Waals surface area contributed by atoms with Crippen molar-refractivity contribution < 1.29 is 4.79 Å². The van der Waals surface area contributed by atoms with Gasteiger partial charge in [-0.05, 0) is 31.1 Å². The molecule has 2 aliphatic rings. The first kappa shape index (κ1) is 17.7. The fourth-order valence-corrected chi connectivity index (χ4v) is 4.07. The second kappa shape index (κ2) is 6.63. The van der Waals surface area contributed by atoms with E-state index in [9.17, 15) is 10.1 Å². The van der Waals surface area contributed by atoms with E-state index in [1.165, 1.54) is 0 Å². The summed E-state index contributed by atoms with van der Waals surface area (Å²) in [5, 5.41) is 10.6. The summed E-state index contributed by atoms with van der Waals surface area (Å²) in [5.74, 6) is -0.133. The zero-order valence-corrected chi connectivity index (χ0v) is 15.2. The topological polar surface area (TPSA) is 53.2 Å². The van der Waals surface area contributed by atoms with Crippen LogP contribution in [-0.4, -0.2) is 12.0 Å². The molecule has 0 N–H and O–H groups in total. The summed E-state index contributed by atoms with van der Waals surface area (Å²) >= 11 is 12.4. The smallest absolute Gasteiger partial charge is 0.175 e. The second-order valence-corrected chi connectivity index (χ2v) is 7.01. The largest absolute Gasteiger partial charge is 0.293 e. The Kier molecular flexibility index (Phi) is 4.69. The summed E-state index contributed by atoms with van der Waals surface area (Å²) in [6.45, 7) is 1.96. The Balaban J connectivity index is 2.23. The molecule has 0 saturated carbocycles. The van der Waals surface area contributed by atoms with E-state index in [2.05, 4.69) is 11.1 Å². The SMILES string of the molecule is CCC1(C2(C(=O)c3ccccc3Cl)C=CC(Cl)=CC2)C=NC=C1C#N. The molecule has 2 atom stereocenters. The highest BCUT2D eigenvalue weighted by Crippen LogP contribution is 2.55. The minimum atomic E-state index is -0.993. The van der Waals surface area contributed by atoms with Crippen molar-refractivity contribution in [3.05, 3.63) is 69.9 Å². The lowest BCUT2D eigenvalue weighted by Crippen LogP contribution is -2.48. The van der Waals surface area contributed by atoms with Crippen LogP contribution in [0.1, 0.15) is 30.1 Å². The van der Waals surface area contributed by atoms with Gasteiger partial charge in [0.2, 0.25) is 0 Å². The lowest BCUT2D eigenvalue weighted by molar-refractivity contribution is 0.0743. The van der Waals surface area contributed by atoms with Gasteiger partial charge in [0.05, 0.1) is 27.5 Å². The second-order valence-electron chi connectivity index (χ2n) is 6.16. The molecule has 2 unspecified atom stereocenters. The van der Waals surface area contributed by atoms with Crippen molar-refractivity contribution in [2.45, 2.75) is 19.8 Å². The Hall–Kier alpha value is -2.15. The molecule has 25 heavy (non-hydrogen) atoms. The fraction of sp³-hybridized carbons (Fsp3) is 0.250. The number of hydrogen-bond acceptors (Lipinski definition) is 3. The maximum Gasteiger partial charge on any atom is 0.175 e. The van der Waals surface area contributed by atoms with Crippen molar-refractivity contribution in [3.63, 3.8) is 0 Å². The minimum Gasteiger partial charge on any atom is -0.293 e. The maximum absolute atomic E-state index is 13.7. The predicted molar refractivity (Wildman–Crippen MR) is 101 cm³/mol. The van der Waals surface area contributed by atoms with E-state index in [0.717, 1.165) is 0 Å². The molecule has 0 bridgehead atoms. The first-order valence-corrected chi connectivity index (χ1v) is 8.75. The Morgan fingerprint density at radius 2 is 2.12 bits per heavy atom. The monoisotopic (exact) mass is 370 g/mol. The third kappa shape index (κ3) is 2.57. The molecule has 1 aliphatic heterocycles. The third-order valence-corrected chi connectivity index (χ3v) is 5.73. The van der Waals surface area contributed by atoms with E-state index in [0.29, 0.717) is 34.0 Å². The van der Waals surface area contributed by atoms with Crippen LogP contribution in [0.4, 0.5) is 0 Å². The average Bonchev–Trinajstić information content (AvgIpc) is 3.07. The molecule has 3 rings (SSSR count). The van der Waals surface area contributed by atoms with Crippen molar-refractivity contribution in [1.82, 2.24) is 0 Å². The quantitative estimate of drug-likeness (QED) is 0.658. The summed E-state index contributed by atoms with van der Waals surface area (Å²) in [6.07, 6.45) is 9.55. The molecule has 126 valence electrons. The van der Waals surface area contributed by atoms with Gasteiger partial charge in [0.15, 0.2) is 5.78 Å². The van der Waals surface area contributed by atoms with E-state index in [4.69, 9.17) is 23.2 Å². The number of carbonyl (C=O) groups is 1. The summed E-state index contributed by atoms with van der Waals surface area (Å²) in [7, 11) is 0. The molecule has 1 aliphatic carbocycles. The van der Waals surface area contributed by atoms with Crippen LogP contribution in [0.3, 0.4) is 0 Å². The first-order valence-electron chi connectivity index (χ1n) is 8.00. The van der Waals surface area contributed by atoms with Gasteiger partial charge < -0.3 is 0 Å². The van der Waals surface area contributed by atoms with Gasteiger partial charge in [0.1, 0.15) is 0 Å². The zero-order valence-electron chi connectivity index (χ0n) is 13.7. The van der Waals surface area contributed by atoms with Gasteiger partial charge in [-0.1, -0.05) is 54.4 Å². The molecule has 5 heteroatoms. The zero-order chi connectivity index (χ0) is 18.1. The van der Waals surface area contributed by atoms with Gasteiger partial charge in [-0.2, -0.15) is 5.26 Å². The molecule has 0 saturated heterocycles. The van der Waals surface area contributed by atoms with Crippen molar-refractivity contribution in [1.29, 1.82) is 5.26 Å². The van der Waals surface area contributed by atoms with E-state index in [-0.39, 0.29) is 5.78 Å². The van der Waals surface area contributed by atoms with Gasteiger partial charge in [-0.25, -0.2) is 0 Å². The van der Waals surface area contributed by atoms with Crippen LogP contribution >= 0.6 is 23.2 Å². The highest BCUT2D eigenvalue weighted by Gasteiger charge is 2.56. The van der Waals surface area contributed by atoms with E-state index in [1.807, 2.05) is 19.1 Å². The average molecular weight is 371 g/mol. The molecule has 3 nitrogen and oxygen atoms in total. The van der Waals surface area contributed by atoms with Crippen molar-refractivity contribution in [2.75, 3.05) is 0 Å². The van der Waals surface area contributed by atoms with E-state index >= 15 is 0 Å². The van der Waals surface area contributed by atoms with Crippen LogP contribution in [0.2, 0.25) is 5.02 Å². The number of halogens is 2. The lowest BCUT2D eigenvalue weighted by atomic mass is 9.54. The van der Waals surface area contributed by atoms with E-state index < -0.39 is 10.8 Å². The molecule has 0 spiro atoms. The normalized spacial score (nSPS) is 27.6. The number of ketones is 1. The fourth-order valence-electron chi connectivity index (χ4n) is 3.71. The van der Waals surface area contributed by atoms with Crippen molar-refractivity contribution in [2.24, 2.45) is 15.8 Å². The molecule has 0 fully saturated rings. The van der Waals surface area contributed by atoms with Gasteiger partial charge in [-0.3, -0.25) is 9.79 Å². The van der Waals surface area contributed by atoms with Crippen LogP contribution in [0, 0.1) is 22.2 Å². The number of Topliss-reactive ketones (excluding diaryl/α,β-unsaturated/α-hetero) is 1.